The number of anilines is 2. The number of carbonyl (C=O) groups excluding carboxylic acids is 1. The van der Waals surface area contributed by atoms with Gasteiger partial charge in [0.1, 0.15) is 5.82 Å². The van der Waals surface area contributed by atoms with Gasteiger partial charge in [-0.3, -0.25) is 9.69 Å². The van der Waals surface area contributed by atoms with Crippen molar-refractivity contribution in [2.45, 2.75) is 58.0 Å². The van der Waals surface area contributed by atoms with Crippen LogP contribution in [0.15, 0.2) is 24.8 Å². The SMILES string of the molecule is C=CC(=O)N(C)c1nc(NC2CCN(C(C)C)CC2)c2cc(OC)c(OCCCN3CCCC3)cc2n1. The Labute approximate surface area is 220 Å². The number of likely N-dealkylation sites (tertiary alicyclic amines) is 2. The number of nitrogens with one attached hydrogen (secondary N) is 1. The van der Waals surface area contributed by atoms with Crippen LogP contribution < -0.4 is 19.7 Å². The van der Waals surface area contributed by atoms with Crippen molar-refractivity contribution in [1.82, 2.24) is 19.8 Å². The first-order valence-corrected chi connectivity index (χ1v) is 13.5. The van der Waals surface area contributed by atoms with E-state index in [4.69, 9.17) is 19.4 Å². The standard InChI is InChI=1S/C28H42N6O3/c1-6-26(35)32(4)28-30-23-19-25(37-17-9-14-33-12-7-8-13-33)24(36-5)18-22(23)27(31-28)29-21-10-15-34(16-11-21)20(2)3/h6,18-21H,1,7-17H2,2-5H3,(H,29,30,31). The minimum absolute atomic E-state index is 0.262. The lowest BCUT2D eigenvalue weighted by molar-refractivity contribution is -0.113. The molecule has 0 aliphatic carbocycles. The summed E-state index contributed by atoms with van der Waals surface area (Å²) in [5.74, 6) is 2.06. The average molecular weight is 511 g/mol. The number of hydrogen-bond donors (Lipinski definition) is 1. The second-order valence-electron chi connectivity index (χ2n) is 10.3. The third-order valence-corrected chi connectivity index (χ3v) is 7.45. The quantitative estimate of drug-likeness (QED) is 0.360. The van der Waals surface area contributed by atoms with E-state index >= 15 is 0 Å². The van der Waals surface area contributed by atoms with Crippen molar-refractivity contribution in [2.24, 2.45) is 0 Å². The number of rotatable bonds is 11. The number of nitrogens with zero attached hydrogens (tertiary/aromatic N) is 5. The molecule has 9 heteroatoms. The molecule has 0 radical (unpaired) electrons. The first-order chi connectivity index (χ1) is 17.9. The highest BCUT2D eigenvalue weighted by molar-refractivity contribution is 6.01. The van der Waals surface area contributed by atoms with Crippen LogP contribution >= 0.6 is 0 Å². The number of fused-ring (bicyclic) bond motifs is 1. The van der Waals surface area contributed by atoms with Crippen molar-refractivity contribution < 1.29 is 14.3 Å². The number of hydrogen-bond acceptors (Lipinski definition) is 8. The van der Waals surface area contributed by atoms with Crippen molar-refractivity contribution in [3.63, 3.8) is 0 Å². The van der Waals surface area contributed by atoms with Crippen LogP contribution in [0.4, 0.5) is 11.8 Å². The second kappa shape index (κ2) is 12.6. The topological polar surface area (TPSA) is 83.1 Å². The maximum absolute atomic E-state index is 12.4. The van der Waals surface area contributed by atoms with Gasteiger partial charge in [-0.05, 0) is 71.2 Å². The van der Waals surface area contributed by atoms with E-state index in [1.807, 2.05) is 12.1 Å². The molecule has 202 valence electrons. The summed E-state index contributed by atoms with van der Waals surface area (Å²) in [4.78, 5) is 28.2. The molecule has 2 aliphatic heterocycles. The van der Waals surface area contributed by atoms with E-state index in [9.17, 15) is 4.79 Å². The van der Waals surface area contributed by atoms with Crippen LogP contribution in [-0.2, 0) is 4.79 Å². The van der Waals surface area contributed by atoms with Gasteiger partial charge in [-0.2, -0.15) is 4.98 Å². The summed E-state index contributed by atoms with van der Waals surface area (Å²) in [6, 6.07) is 4.67. The molecule has 3 heterocycles. The first-order valence-electron chi connectivity index (χ1n) is 13.5. The lowest BCUT2D eigenvalue weighted by Crippen LogP contribution is -2.42. The molecule has 0 unspecified atom stereocenters. The monoisotopic (exact) mass is 510 g/mol. The van der Waals surface area contributed by atoms with Gasteiger partial charge in [-0.1, -0.05) is 6.58 Å². The second-order valence-corrected chi connectivity index (χ2v) is 10.3. The number of ether oxygens (including phenoxy) is 2. The Balaban J connectivity index is 1.59. The van der Waals surface area contributed by atoms with Crippen LogP contribution in [0.2, 0.25) is 0 Å². The van der Waals surface area contributed by atoms with E-state index in [-0.39, 0.29) is 11.9 Å². The van der Waals surface area contributed by atoms with E-state index in [0.717, 1.165) is 44.3 Å². The van der Waals surface area contributed by atoms with E-state index in [0.29, 0.717) is 41.4 Å². The molecule has 2 fully saturated rings. The molecule has 2 aromatic rings. The van der Waals surface area contributed by atoms with Crippen molar-refractivity contribution in [3.8, 4) is 11.5 Å². The van der Waals surface area contributed by atoms with Crippen LogP contribution in [0, 0.1) is 0 Å². The molecule has 2 aliphatic rings. The number of carbonyl (C=O) groups is 1. The Morgan fingerprint density at radius 2 is 1.92 bits per heavy atom. The predicted octanol–water partition coefficient (Wildman–Crippen LogP) is 3.94. The summed E-state index contributed by atoms with van der Waals surface area (Å²) in [6.45, 7) is 14.2. The van der Waals surface area contributed by atoms with Crippen molar-refractivity contribution in [1.29, 1.82) is 0 Å². The number of amides is 1. The zero-order valence-electron chi connectivity index (χ0n) is 22.8. The molecule has 1 N–H and O–H groups in total. The molecule has 1 amide bonds. The normalized spacial score (nSPS) is 17.3. The lowest BCUT2D eigenvalue weighted by Gasteiger charge is -2.35. The van der Waals surface area contributed by atoms with E-state index < -0.39 is 0 Å². The van der Waals surface area contributed by atoms with Gasteiger partial charge in [-0.25, -0.2) is 4.98 Å². The fourth-order valence-corrected chi connectivity index (χ4v) is 5.12. The highest BCUT2D eigenvalue weighted by Crippen LogP contribution is 2.36. The van der Waals surface area contributed by atoms with E-state index in [2.05, 4.69) is 35.5 Å². The largest absolute Gasteiger partial charge is 0.493 e. The maximum atomic E-state index is 12.4. The summed E-state index contributed by atoms with van der Waals surface area (Å²) < 4.78 is 11.9. The summed E-state index contributed by atoms with van der Waals surface area (Å²) in [5, 5.41) is 4.49. The Morgan fingerprint density at radius 3 is 2.57 bits per heavy atom. The van der Waals surface area contributed by atoms with Crippen LogP contribution in [0.25, 0.3) is 10.9 Å². The van der Waals surface area contributed by atoms with Gasteiger partial charge in [0.05, 0.1) is 19.2 Å². The van der Waals surface area contributed by atoms with Gasteiger partial charge in [-0.15, -0.1) is 0 Å². The number of methoxy groups -OCH3 is 1. The van der Waals surface area contributed by atoms with Gasteiger partial charge in [0.25, 0.3) is 5.91 Å². The van der Waals surface area contributed by atoms with Gasteiger partial charge < -0.3 is 24.6 Å². The lowest BCUT2D eigenvalue weighted by atomic mass is 10.0. The molecule has 0 saturated carbocycles. The summed E-state index contributed by atoms with van der Waals surface area (Å²) >= 11 is 0. The molecule has 1 aromatic carbocycles. The zero-order chi connectivity index (χ0) is 26.4. The van der Waals surface area contributed by atoms with Crippen LogP contribution in [-0.4, -0.2) is 91.2 Å². The molecular weight excluding hydrogens is 468 g/mol. The van der Waals surface area contributed by atoms with Gasteiger partial charge in [0.2, 0.25) is 5.95 Å². The number of benzene rings is 1. The highest BCUT2D eigenvalue weighted by atomic mass is 16.5. The Hall–Kier alpha value is -2.91. The number of likely N-dealkylation sites (N-methyl/N-ethyl adjacent to an activating group) is 1. The number of piperidine rings is 1. The first kappa shape index (κ1) is 27.1. The Kier molecular flexibility index (Phi) is 9.21. The molecule has 4 rings (SSSR count). The molecule has 0 atom stereocenters. The summed E-state index contributed by atoms with van der Waals surface area (Å²) in [7, 11) is 3.31. The van der Waals surface area contributed by atoms with Gasteiger partial charge in [0.15, 0.2) is 11.5 Å². The van der Waals surface area contributed by atoms with E-state index in [1.54, 1.807) is 14.2 Å². The summed E-state index contributed by atoms with van der Waals surface area (Å²) in [6.07, 6.45) is 6.85. The average Bonchev–Trinajstić information content (AvgIpc) is 3.43. The molecule has 37 heavy (non-hydrogen) atoms. The molecule has 2 saturated heterocycles. The number of aromatic nitrogens is 2. The van der Waals surface area contributed by atoms with Gasteiger partial charge >= 0.3 is 0 Å². The third-order valence-electron chi connectivity index (χ3n) is 7.45. The third kappa shape index (κ3) is 6.70. The van der Waals surface area contributed by atoms with Crippen molar-refractivity contribution >= 4 is 28.6 Å². The fraction of sp³-hybridized carbons (Fsp3) is 0.607. The van der Waals surface area contributed by atoms with E-state index in [1.165, 1.54) is 36.9 Å². The molecule has 9 nitrogen and oxygen atoms in total. The molecular formula is C28H42N6O3. The molecule has 1 aromatic heterocycles. The summed E-state index contributed by atoms with van der Waals surface area (Å²) in [5.41, 5.74) is 0.700. The zero-order valence-corrected chi connectivity index (χ0v) is 22.8. The van der Waals surface area contributed by atoms with Crippen LogP contribution in [0.1, 0.15) is 46.0 Å². The maximum Gasteiger partial charge on any atom is 0.252 e. The van der Waals surface area contributed by atoms with Crippen molar-refractivity contribution in [3.05, 3.63) is 24.8 Å². The van der Waals surface area contributed by atoms with Crippen molar-refractivity contribution in [2.75, 3.05) is 63.7 Å². The molecule has 0 spiro atoms. The van der Waals surface area contributed by atoms with Crippen LogP contribution in [0.5, 0.6) is 11.5 Å². The predicted molar refractivity (Wildman–Crippen MR) is 149 cm³/mol. The molecule has 0 bridgehead atoms. The Bertz CT molecular complexity index is 1080. The highest BCUT2D eigenvalue weighted by Gasteiger charge is 2.24. The minimum atomic E-state index is -0.262. The van der Waals surface area contributed by atoms with Gasteiger partial charge in [0, 0.05) is 50.2 Å². The fourth-order valence-electron chi connectivity index (χ4n) is 5.12. The van der Waals surface area contributed by atoms with Crippen LogP contribution in [0.3, 0.4) is 0 Å². The smallest absolute Gasteiger partial charge is 0.252 e. The minimum Gasteiger partial charge on any atom is -0.493 e. The Morgan fingerprint density at radius 1 is 1.19 bits per heavy atom.